The summed E-state index contributed by atoms with van der Waals surface area (Å²) in [7, 11) is -0.298. The molecule has 0 spiro atoms. The molecule has 1 aromatic carbocycles. The second kappa shape index (κ2) is 8.78. The van der Waals surface area contributed by atoms with Gasteiger partial charge in [-0.3, -0.25) is 0 Å². The van der Waals surface area contributed by atoms with Crippen LogP contribution in [0, 0.1) is 5.82 Å². The van der Waals surface area contributed by atoms with Crippen LogP contribution >= 0.6 is 0 Å². The van der Waals surface area contributed by atoms with Gasteiger partial charge >= 0.3 is 0 Å². The van der Waals surface area contributed by atoms with Gasteiger partial charge in [0.25, 0.3) is 0 Å². The molecule has 0 radical (unpaired) electrons. The fraction of sp³-hybridized carbons (Fsp3) is 0.318. The lowest BCUT2D eigenvalue weighted by molar-refractivity contribution is 0.215. The maximum atomic E-state index is 13.9. The number of hydrogen-bond acceptors (Lipinski definition) is 5. The van der Waals surface area contributed by atoms with Crippen LogP contribution in [0.15, 0.2) is 42.6 Å². The number of sulfonamides is 1. The van der Waals surface area contributed by atoms with Gasteiger partial charge in [0.1, 0.15) is 17.2 Å². The molecule has 31 heavy (non-hydrogen) atoms. The van der Waals surface area contributed by atoms with Gasteiger partial charge in [0.05, 0.1) is 19.5 Å². The van der Waals surface area contributed by atoms with E-state index in [0.29, 0.717) is 36.5 Å². The van der Waals surface area contributed by atoms with Crippen molar-refractivity contribution in [3.63, 3.8) is 0 Å². The number of pyridine rings is 1. The molecular formula is C22H24FN3O4S. The number of methoxy groups -OCH3 is 2. The zero-order valence-electron chi connectivity index (χ0n) is 17.4. The van der Waals surface area contributed by atoms with Crippen molar-refractivity contribution in [1.29, 1.82) is 0 Å². The molecule has 9 heteroatoms. The third-order valence-electron chi connectivity index (χ3n) is 5.44. The molecule has 3 aromatic rings. The number of fused-ring (bicyclic) bond motifs is 1. The number of aromatic amines is 1. The SMILES string of the molecule is COCCS(=O)(=O)N1CC=C(c2cc3c(-c4cc(F)ccc4OC)ccnc3[nH]2)CC1. The zero-order valence-corrected chi connectivity index (χ0v) is 18.2. The summed E-state index contributed by atoms with van der Waals surface area (Å²) in [5, 5.41) is 0.845. The summed E-state index contributed by atoms with van der Waals surface area (Å²) in [6.07, 6.45) is 4.17. The largest absolute Gasteiger partial charge is 0.496 e. The molecule has 0 fully saturated rings. The molecule has 1 aliphatic heterocycles. The quantitative estimate of drug-likeness (QED) is 0.602. The fourth-order valence-electron chi connectivity index (χ4n) is 3.79. The van der Waals surface area contributed by atoms with Crippen molar-refractivity contribution in [2.24, 2.45) is 0 Å². The molecule has 3 heterocycles. The Morgan fingerprint density at radius 3 is 2.74 bits per heavy atom. The monoisotopic (exact) mass is 445 g/mol. The number of halogens is 1. The second-order valence-corrected chi connectivity index (χ2v) is 9.38. The van der Waals surface area contributed by atoms with E-state index in [0.717, 1.165) is 22.2 Å². The number of H-pyrrole nitrogens is 1. The Morgan fingerprint density at radius 2 is 2.03 bits per heavy atom. The van der Waals surface area contributed by atoms with E-state index < -0.39 is 10.0 Å². The molecule has 0 bridgehead atoms. The van der Waals surface area contributed by atoms with Crippen molar-refractivity contribution < 1.29 is 22.3 Å². The highest BCUT2D eigenvalue weighted by molar-refractivity contribution is 7.89. The Balaban J connectivity index is 1.66. The number of nitrogens with one attached hydrogen (secondary N) is 1. The third kappa shape index (κ3) is 4.34. The first-order valence-corrected chi connectivity index (χ1v) is 11.5. The van der Waals surface area contributed by atoms with E-state index in [9.17, 15) is 12.8 Å². The molecule has 0 unspecified atom stereocenters. The van der Waals surface area contributed by atoms with Crippen molar-refractivity contribution >= 4 is 26.6 Å². The molecule has 7 nitrogen and oxygen atoms in total. The van der Waals surface area contributed by atoms with Crippen LogP contribution in [0.25, 0.3) is 27.7 Å². The minimum absolute atomic E-state index is 0.0260. The van der Waals surface area contributed by atoms with E-state index >= 15 is 0 Å². The summed E-state index contributed by atoms with van der Waals surface area (Å²) in [4.78, 5) is 7.72. The highest BCUT2D eigenvalue weighted by Gasteiger charge is 2.25. The first-order chi connectivity index (χ1) is 14.9. The number of ether oxygens (including phenoxy) is 2. The maximum absolute atomic E-state index is 13.9. The molecule has 4 rings (SSSR count). The first kappa shape index (κ1) is 21.5. The standard InChI is InChI=1S/C22H24FN3O4S/c1-29-11-12-31(27,28)26-9-6-15(7-10-26)20-14-19-17(5-8-24-22(19)25-20)18-13-16(23)3-4-21(18)30-2/h3-6,8,13-14H,7,9-12H2,1-2H3,(H,24,25). The molecule has 164 valence electrons. The Hall–Kier alpha value is -2.75. The minimum Gasteiger partial charge on any atom is -0.496 e. The zero-order chi connectivity index (χ0) is 22.0. The van der Waals surface area contributed by atoms with Crippen LogP contribution in [0.1, 0.15) is 12.1 Å². The van der Waals surface area contributed by atoms with Crippen LogP contribution < -0.4 is 4.74 Å². The summed E-state index contributed by atoms with van der Waals surface area (Å²) in [5.41, 5.74) is 4.03. The number of hydrogen-bond donors (Lipinski definition) is 1. The van der Waals surface area contributed by atoms with E-state index in [1.807, 2.05) is 18.2 Å². The molecule has 2 aromatic heterocycles. The van der Waals surface area contributed by atoms with Gasteiger partial charge in [-0.15, -0.1) is 0 Å². The van der Waals surface area contributed by atoms with Crippen LogP contribution in [-0.2, 0) is 14.8 Å². The van der Waals surface area contributed by atoms with Crippen LogP contribution in [0.5, 0.6) is 5.75 Å². The number of benzene rings is 1. The number of rotatable bonds is 7. The molecular weight excluding hydrogens is 421 g/mol. The maximum Gasteiger partial charge on any atom is 0.216 e. The topological polar surface area (TPSA) is 84.5 Å². The van der Waals surface area contributed by atoms with Crippen LogP contribution in [0.4, 0.5) is 4.39 Å². The molecule has 0 atom stereocenters. The average Bonchev–Trinajstić information content (AvgIpc) is 3.22. The third-order valence-corrected chi connectivity index (χ3v) is 7.24. The van der Waals surface area contributed by atoms with Gasteiger partial charge in [0.15, 0.2) is 0 Å². The second-order valence-electron chi connectivity index (χ2n) is 7.29. The van der Waals surface area contributed by atoms with E-state index in [2.05, 4.69) is 9.97 Å². The van der Waals surface area contributed by atoms with Gasteiger partial charge in [0, 0.05) is 43.0 Å². The van der Waals surface area contributed by atoms with E-state index in [1.165, 1.54) is 23.5 Å². The smallest absolute Gasteiger partial charge is 0.216 e. The predicted octanol–water partition coefficient (Wildman–Crippen LogP) is 3.44. The van der Waals surface area contributed by atoms with E-state index in [-0.39, 0.29) is 18.2 Å². The van der Waals surface area contributed by atoms with Gasteiger partial charge in [-0.1, -0.05) is 6.08 Å². The fourth-order valence-corrected chi connectivity index (χ4v) is 5.10. The molecule has 0 amide bonds. The van der Waals surface area contributed by atoms with E-state index in [1.54, 1.807) is 19.4 Å². The van der Waals surface area contributed by atoms with Crippen LogP contribution in [-0.4, -0.2) is 62.4 Å². The number of nitrogens with zero attached hydrogens (tertiary/aromatic N) is 2. The average molecular weight is 446 g/mol. The Labute approximate surface area is 180 Å². The van der Waals surface area contributed by atoms with Gasteiger partial charge in [0.2, 0.25) is 10.0 Å². The highest BCUT2D eigenvalue weighted by Crippen LogP contribution is 2.36. The lowest BCUT2D eigenvalue weighted by Crippen LogP contribution is -2.37. The normalized spacial score (nSPS) is 15.3. The lowest BCUT2D eigenvalue weighted by Gasteiger charge is -2.25. The van der Waals surface area contributed by atoms with Crippen molar-refractivity contribution in [3.8, 4) is 16.9 Å². The van der Waals surface area contributed by atoms with Gasteiger partial charge in [-0.05, 0) is 47.9 Å². The summed E-state index contributed by atoms with van der Waals surface area (Å²) in [6.45, 7) is 0.898. The Bertz CT molecular complexity index is 1240. The number of aromatic nitrogens is 2. The molecule has 1 aliphatic rings. The molecule has 0 saturated carbocycles. The summed E-state index contributed by atoms with van der Waals surface area (Å²) < 4.78 is 50.5. The molecule has 0 aliphatic carbocycles. The first-order valence-electron chi connectivity index (χ1n) is 9.90. The Morgan fingerprint density at radius 1 is 1.19 bits per heavy atom. The van der Waals surface area contributed by atoms with Gasteiger partial charge in [-0.25, -0.2) is 17.8 Å². The summed E-state index contributed by atoms with van der Waals surface area (Å²) in [6, 6.07) is 8.22. The van der Waals surface area contributed by atoms with Crippen molar-refractivity contribution in [2.75, 3.05) is 39.7 Å². The van der Waals surface area contributed by atoms with Crippen molar-refractivity contribution in [2.45, 2.75) is 6.42 Å². The Kier molecular flexibility index (Phi) is 6.08. The molecule has 1 N–H and O–H groups in total. The van der Waals surface area contributed by atoms with Gasteiger partial charge < -0.3 is 14.5 Å². The lowest BCUT2D eigenvalue weighted by atomic mass is 10.0. The summed E-state index contributed by atoms with van der Waals surface area (Å²) >= 11 is 0. The van der Waals surface area contributed by atoms with Gasteiger partial charge in [-0.2, -0.15) is 4.31 Å². The highest BCUT2D eigenvalue weighted by atomic mass is 32.2. The molecule has 0 saturated heterocycles. The van der Waals surface area contributed by atoms with Crippen molar-refractivity contribution in [1.82, 2.24) is 14.3 Å². The predicted molar refractivity (Wildman–Crippen MR) is 118 cm³/mol. The van der Waals surface area contributed by atoms with E-state index in [4.69, 9.17) is 9.47 Å². The minimum atomic E-state index is -3.34. The van der Waals surface area contributed by atoms with Crippen LogP contribution in [0.2, 0.25) is 0 Å². The van der Waals surface area contributed by atoms with Crippen LogP contribution in [0.3, 0.4) is 0 Å². The summed E-state index contributed by atoms with van der Waals surface area (Å²) in [5.74, 6) is 0.202. The van der Waals surface area contributed by atoms with Crippen molar-refractivity contribution in [3.05, 3.63) is 54.1 Å².